The summed E-state index contributed by atoms with van der Waals surface area (Å²) in [5.41, 5.74) is 2.08. The highest BCUT2D eigenvalue weighted by atomic mass is 32.1. The van der Waals surface area contributed by atoms with Crippen LogP contribution in [0.25, 0.3) is 0 Å². The molecule has 0 radical (unpaired) electrons. The van der Waals surface area contributed by atoms with Gasteiger partial charge in [-0.05, 0) is 36.3 Å². The van der Waals surface area contributed by atoms with Gasteiger partial charge in [-0.2, -0.15) is 0 Å². The van der Waals surface area contributed by atoms with Crippen LogP contribution in [0.15, 0.2) is 29.8 Å². The number of hydrogen-bond donors (Lipinski definition) is 1. The lowest BCUT2D eigenvalue weighted by Gasteiger charge is -2.24. The molecule has 1 aliphatic rings. The molecular weight excluding hydrogens is 282 g/mol. The van der Waals surface area contributed by atoms with Crippen LogP contribution in [-0.2, 0) is 0 Å². The smallest absolute Gasteiger partial charge is 0.239 e. The maximum absolute atomic E-state index is 5.46. The second-order valence-electron chi connectivity index (χ2n) is 5.58. The number of pyridine rings is 1. The summed E-state index contributed by atoms with van der Waals surface area (Å²) >= 11 is 1.81. The van der Waals surface area contributed by atoms with Crippen LogP contribution in [0.1, 0.15) is 23.8 Å². The van der Waals surface area contributed by atoms with E-state index in [1.54, 1.807) is 13.3 Å². The Labute approximate surface area is 129 Å². The van der Waals surface area contributed by atoms with E-state index in [4.69, 9.17) is 4.74 Å². The first-order valence-electron chi connectivity index (χ1n) is 7.21. The van der Waals surface area contributed by atoms with Crippen LogP contribution in [0, 0.1) is 5.92 Å². The second kappa shape index (κ2) is 5.93. The normalized spacial score (nSPS) is 15.6. The van der Waals surface area contributed by atoms with Crippen LogP contribution in [0.5, 0.6) is 5.88 Å². The Morgan fingerprint density at radius 3 is 2.76 bits per heavy atom. The molecule has 1 saturated carbocycles. The van der Waals surface area contributed by atoms with Gasteiger partial charge >= 0.3 is 0 Å². The molecule has 1 unspecified atom stereocenters. The van der Waals surface area contributed by atoms with Crippen molar-refractivity contribution < 1.29 is 4.74 Å². The van der Waals surface area contributed by atoms with Gasteiger partial charge in [-0.3, -0.25) is 0 Å². The van der Waals surface area contributed by atoms with Crippen LogP contribution in [0.4, 0.5) is 11.4 Å². The first kappa shape index (κ1) is 14.2. The lowest BCUT2D eigenvalue weighted by Crippen LogP contribution is -2.17. The zero-order chi connectivity index (χ0) is 14.8. The standard InChI is InChI=1S/C16H21N3OS/c1-19(2)12-8-9-17-16(20-3)15(12)18-14(11-6-7-11)13-5-4-10-21-13/h4-5,8-11,14,18H,6-7H2,1-3H3. The van der Waals surface area contributed by atoms with Crippen LogP contribution >= 0.6 is 11.3 Å². The lowest BCUT2D eigenvalue weighted by molar-refractivity contribution is 0.399. The summed E-state index contributed by atoms with van der Waals surface area (Å²) in [6, 6.07) is 6.69. The Balaban J connectivity index is 1.95. The summed E-state index contributed by atoms with van der Waals surface area (Å²) in [6.45, 7) is 0. The van der Waals surface area contributed by atoms with Gasteiger partial charge in [-0.25, -0.2) is 4.98 Å². The number of ether oxygens (including phenoxy) is 1. The molecule has 0 saturated heterocycles. The Kier molecular flexibility index (Phi) is 4.01. The van der Waals surface area contributed by atoms with Crippen molar-refractivity contribution in [1.29, 1.82) is 0 Å². The zero-order valence-electron chi connectivity index (χ0n) is 12.7. The van der Waals surface area contributed by atoms with E-state index in [-0.39, 0.29) is 0 Å². The SMILES string of the molecule is COc1nccc(N(C)C)c1NC(c1cccs1)C1CC1. The van der Waals surface area contributed by atoms with Gasteiger partial charge in [0.25, 0.3) is 0 Å². The van der Waals surface area contributed by atoms with Gasteiger partial charge in [-0.1, -0.05) is 6.07 Å². The first-order chi connectivity index (χ1) is 10.2. The third-order valence-electron chi connectivity index (χ3n) is 3.81. The molecule has 1 atom stereocenters. The van der Waals surface area contributed by atoms with E-state index in [1.165, 1.54) is 17.7 Å². The zero-order valence-corrected chi connectivity index (χ0v) is 13.5. The van der Waals surface area contributed by atoms with Crippen molar-refractivity contribution in [1.82, 2.24) is 4.98 Å². The third-order valence-corrected chi connectivity index (χ3v) is 4.77. The second-order valence-corrected chi connectivity index (χ2v) is 6.56. The van der Waals surface area contributed by atoms with Crippen LogP contribution < -0.4 is 15.0 Å². The monoisotopic (exact) mass is 303 g/mol. The molecule has 0 spiro atoms. The maximum atomic E-state index is 5.46. The largest absolute Gasteiger partial charge is 0.479 e. The number of nitrogens with one attached hydrogen (secondary N) is 1. The van der Waals surface area contributed by atoms with Crippen molar-refractivity contribution in [2.75, 3.05) is 31.4 Å². The van der Waals surface area contributed by atoms with Crippen molar-refractivity contribution in [3.63, 3.8) is 0 Å². The molecule has 21 heavy (non-hydrogen) atoms. The van der Waals surface area contributed by atoms with E-state index in [0.29, 0.717) is 17.8 Å². The molecule has 5 heteroatoms. The van der Waals surface area contributed by atoms with E-state index in [9.17, 15) is 0 Å². The van der Waals surface area contributed by atoms with Gasteiger partial charge in [-0.15, -0.1) is 11.3 Å². The van der Waals surface area contributed by atoms with E-state index < -0.39 is 0 Å². The summed E-state index contributed by atoms with van der Waals surface area (Å²) < 4.78 is 5.46. The third kappa shape index (κ3) is 2.97. The minimum Gasteiger partial charge on any atom is -0.479 e. The minimum atomic E-state index is 0.349. The van der Waals surface area contributed by atoms with Crippen molar-refractivity contribution in [3.05, 3.63) is 34.7 Å². The van der Waals surface area contributed by atoms with Crippen molar-refractivity contribution in [2.45, 2.75) is 18.9 Å². The minimum absolute atomic E-state index is 0.349. The highest BCUT2D eigenvalue weighted by Gasteiger charge is 2.34. The number of rotatable bonds is 6. The summed E-state index contributed by atoms with van der Waals surface area (Å²) in [7, 11) is 5.75. The highest BCUT2D eigenvalue weighted by Crippen LogP contribution is 2.46. The molecule has 112 valence electrons. The van der Waals surface area contributed by atoms with E-state index in [2.05, 4.69) is 32.7 Å². The van der Waals surface area contributed by atoms with E-state index >= 15 is 0 Å². The van der Waals surface area contributed by atoms with Crippen LogP contribution in [0.3, 0.4) is 0 Å². The molecule has 0 amide bonds. The number of aromatic nitrogens is 1. The quantitative estimate of drug-likeness (QED) is 0.881. The lowest BCUT2D eigenvalue weighted by atomic mass is 10.1. The molecule has 2 heterocycles. The fraction of sp³-hybridized carbons (Fsp3) is 0.438. The average molecular weight is 303 g/mol. The number of nitrogens with zero attached hydrogens (tertiary/aromatic N) is 2. The predicted molar refractivity (Wildman–Crippen MR) is 88.5 cm³/mol. The molecule has 1 fully saturated rings. The Hall–Kier alpha value is -1.75. The topological polar surface area (TPSA) is 37.4 Å². The molecule has 0 bridgehead atoms. The molecule has 4 nitrogen and oxygen atoms in total. The Bertz CT molecular complexity index is 594. The summed E-state index contributed by atoms with van der Waals surface area (Å²) in [6.07, 6.45) is 4.36. The molecule has 1 aliphatic carbocycles. The molecule has 1 N–H and O–H groups in total. The number of thiophene rings is 1. The predicted octanol–water partition coefficient (Wildman–Crippen LogP) is 3.78. The number of hydrogen-bond acceptors (Lipinski definition) is 5. The molecule has 3 rings (SSSR count). The van der Waals surface area contributed by atoms with Gasteiger partial charge in [0.2, 0.25) is 5.88 Å². The van der Waals surface area contributed by atoms with Gasteiger partial charge in [0.05, 0.1) is 18.8 Å². The first-order valence-corrected chi connectivity index (χ1v) is 8.09. The summed E-state index contributed by atoms with van der Waals surface area (Å²) in [5.74, 6) is 1.37. The number of anilines is 2. The van der Waals surface area contributed by atoms with Crippen LogP contribution in [0.2, 0.25) is 0 Å². The van der Waals surface area contributed by atoms with E-state index in [0.717, 1.165) is 11.4 Å². The number of methoxy groups -OCH3 is 1. The summed E-state index contributed by atoms with van der Waals surface area (Å²) in [5, 5.41) is 5.83. The molecular formula is C16H21N3OS. The van der Waals surface area contributed by atoms with Gasteiger partial charge in [0.1, 0.15) is 5.69 Å². The van der Waals surface area contributed by atoms with Gasteiger partial charge in [0, 0.05) is 25.2 Å². The van der Waals surface area contributed by atoms with Crippen molar-refractivity contribution >= 4 is 22.7 Å². The highest BCUT2D eigenvalue weighted by molar-refractivity contribution is 7.10. The Morgan fingerprint density at radius 1 is 1.38 bits per heavy atom. The van der Waals surface area contributed by atoms with Crippen molar-refractivity contribution in [2.24, 2.45) is 5.92 Å². The van der Waals surface area contributed by atoms with Crippen molar-refractivity contribution in [3.8, 4) is 5.88 Å². The Morgan fingerprint density at radius 2 is 2.19 bits per heavy atom. The maximum Gasteiger partial charge on any atom is 0.239 e. The fourth-order valence-electron chi connectivity index (χ4n) is 2.57. The molecule has 2 aromatic heterocycles. The van der Waals surface area contributed by atoms with E-state index in [1.807, 2.05) is 31.5 Å². The average Bonchev–Trinajstić information content (AvgIpc) is 3.18. The molecule has 2 aromatic rings. The molecule has 0 aliphatic heterocycles. The molecule has 0 aromatic carbocycles. The fourth-order valence-corrected chi connectivity index (χ4v) is 3.44. The van der Waals surface area contributed by atoms with Gasteiger partial charge < -0.3 is 15.0 Å². The van der Waals surface area contributed by atoms with Crippen LogP contribution in [-0.4, -0.2) is 26.2 Å². The van der Waals surface area contributed by atoms with Gasteiger partial charge in [0.15, 0.2) is 0 Å². The summed E-state index contributed by atoms with van der Waals surface area (Å²) in [4.78, 5) is 7.82.